The first kappa shape index (κ1) is 41.8. The first-order valence-corrected chi connectivity index (χ1v) is 16.1. The second kappa shape index (κ2) is 15.8. The predicted octanol–water partition coefficient (Wildman–Crippen LogP) is 6.64. The highest BCUT2D eigenvalue weighted by atomic mass is 32.3. The molecule has 0 heterocycles. The van der Waals surface area contributed by atoms with Crippen LogP contribution in [0.1, 0.15) is 31.4 Å². The molecule has 47 heavy (non-hydrogen) atoms. The second-order valence-corrected chi connectivity index (χ2v) is 13.6. The Balaban J connectivity index is 0.000000483. The zero-order valence-corrected chi connectivity index (χ0v) is 26.4. The van der Waals surface area contributed by atoms with Gasteiger partial charge in [-0.15, -0.1) is 0 Å². The molecule has 266 valence electrons. The third-order valence-electron chi connectivity index (χ3n) is 6.38. The Morgan fingerprint density at radius 3 is 1.40 bits per heavy atom. The van der Waals surface area contributed by atoms with Crippen LogP contribution >= 0.6 is 0 Å². The molecule has 0 saturated heterocycles. The van der Waals surface area contributed by atoms with Crippen LogP contribution in [-0.2, 0) is 37.9 Å². The summed E-state index contributed by atoms with van der Waals surface area (Å²) in [5.74, 6) is -0.0503. The number of sulfonamides is 2. The van der Waals surface area contributed by atoms with Gasteiger partial charge in [-0.1, -0.05) is 67.2 Å². The normalized spacial score (nSPS) is 13.4. The highest BCUT2D eigenvalue weighted by molar-refractivity contribution is 8.13. The van der Waals surface area contributed by atoms with E-state index in [0.717, 1.165) is 37.1 Å². The van der Waals surface area contributed by atoms with Gasteiger partial charge in [-0.25, -0.2) is 16.8 Å². The lowest BCUT2D eigenvalue weighted by molar-refractivity contribution is -0.952. The molecule has 0 bridgehead atoms. The molecule has 0 saturated carbocycles. The van der Waals surface area contributed by atoms with Crippen LogP contribution in [-0.4, -0.2) is 69.7 Å². The van der Waals surface area contributed by atoms with Gasteiger partial charge in [0.05, 0.1) is 13.1 Å². The molecular weight excluding hydrogens is 700 g/mol. The van der Waals surface area contributed by atoms with Crippen LogP contribution < -0.4 is 5.32 Å². The number of carbonyl (C=O) groups excluding carboxylic acids is 1. The fourth-order valence-corrected chi connectivity index (χ4v) is 6.19. The Morgan fingerprint density at radius 1 is 0.745 bits per heavy atom. The maximum Gasteiger partial charge on any atom is 0.467 e. The van der Waals surface area contributed by atoms with Crippen LogP contribution in [0.15, 0.2) is 72.8 Å². The van der Waals surface area contributed by atoms with Crippen molar-refractivity contribution in [3.05, 3.63) is 88.1 Å². The van der Waals surface area contributed by atoms with E-state index in [1.165, 1.54) is 11.1 Å². The van der Waals surface area contributed by atoms with Crippen LogP contribution in [0.25, 0.3) is 4.13 Å². The molecule has 0 aliphatic carbocycles. The fraction of sp³-hybridized carbons (Fsp3) is 0.444. The molecule has 2 aromatic carbocycles. The van der Waals surface area contributed by atoms with E-state index in [1.54, 1.807) is 6.92 Å². The number of halogens is 10. The molecule has 0 aliphatic rings. The molecule has 0 spiro atoms. The number of amides is 1. The van der Waals surface area contributed by atoms with Gasteiger partial charge < -0.3 is 13.9 Å². The summed E-state index contributed by atoms with van der Waals surface area (Å²) in [6.45, 7) is 12.5. The average Bonchev–Trinajstić information content (AvgIpc) is 2.94. The summed E-state index contributed by atoms with van der Waals surface area (Å²) in [7, 11) is -15.2. The monoisotopic (exact) mass is 731 g/mol. The standard InChI is InChI=1S/C23H30N2O.C4F10NO4S2/c1-4-25(18-21-12-7-5-8-13-21,19-22-14-9-6-10-15-22)17-11-16-24-23(26)20(2)3;5-1(6,7)3(11,12)20(16,17)15-21(18,19)4(13,14)2(8,9)10/h5-10,12-15H,2,4,11,16-19H2,1,3H3;/q;-1/p+1. The third kappa shape index (κ3) is 11.2. The van der Waals surface area contributed by atoms with Gasteiger partial charge in [-0.3, -0.25) is 4.79 Å². The van der Waals surface area contributed by atoms with Gasteiger partial charge in [0.1, 0.15) is 13.1 Å². The molecule has 2 aromatic rings. The predicted molar refractivity (Wildman–Crippen MR) is 152 cm³/mol. The van der Waals surface area contributed by atoms with Crippen molar-refractivity contribution in [2.75, 3.05) is 19.6 Å². The van der Waals surface area contributed by atoms with Crippen molar-refractivity contribution in [1.82, 2.24) is 5.32 Å². The zero-order chi connectivity index (χ0) is 36.5. The van der Waals surface area contributed by atoms with Gasteiger partial charge in [0.15, 0.2) is 20.0 Å². The minimum Gasteiger partial charge on any atom is -0.425 e. The maximum atomic E-state index is 12.3. The van der Waals surface area contributed by atoms with E-state index in [9.17, 15) is 65.5 Å². The van der Waals surface area contributed by atoms with E-state index in [1.807, 2.05) is 0 Å². The minimum absolute atomic E-state index is 0.0503. The lowest BCUT2D eigenvalue weighted by Gasteiger charge is -2.38. The largest absolute Gasteiger partial charge is 0.467 e. The summed E-state index contributed by atoms with van der Waals surface area (Å²) in [5.41, 5.74) is 3.28. The summed E-state index contributed by atoms with van der Waals surface area (Å²) in [6, 6.07) is 21.4. The maximum absolute atomic E-state index is 12.3. The SMILES string of the molecule is C=C(C)C(=O)NCCC[N+](CC)(Cc1ccccc1)Cc1ccccc1.O=S(=O)([N-]S(=O)(=O)C(F)(F)C(F)(F)F)C(F)(F)C(F)(F)F. The smallest absolute Gasteiger partial charge is 0.425 e. The van der Waals surface area contributed by atoms with E-state index in [4.69, 9.17) is 0 Å². The van der Waals surface area contributed by atoms with Crippen molar-refractivity contribution in [2.45, 2.75) is 56.2 Å². The van der Waals surface area contributed by atoms with Crippen molar-refractivity contribution in [3.63, 3.8) is 0 Å². The lowest BCUT2D eigenvalue weighted by Crippen LogP contribution is -2.48. The van der Waals surface area contributed by atoms with Gasteiger partial charge in [0.2, 0.25) is 5.91 Å². The van der Waals surface area contributed by atoms with Gasteiger partial charge in [0.25, 0.3) is 0 Å². The number of quaternary nitrogens is 1. The molecule has 1 amide bonds. The molecule has 0 atom stereocenters. The number of nitrogens with zero attached hydrogens (tertiary/aromatic N) is 2. The first-order valence-electron chi connectivity index (χ1n) is 13.2. The highest BCUT2D eigenvalue weighted by Gasteiger charge is 2.68. The van der Waals surface area contributed by atoms with Crippen molar-refractivity contribution in [2.24, 2.45) is 0 Å². The van der Waals surface area contributed by atoms with Gasteiger partial charge in [-0.05, 0) is 13.8 Å². The number of alkyl halides is 10. The van der Waals surface area contributed by atoms with Crippen molar-refractivity contribution >= 4 is 26.0 Å². The number of hydrogen-bond acceptors (Lipinski definition) is 5. The van der Waals surface area contributed by atoms with E-state index < -0.39 is 42.9 Å². The molecule has 2 rings (SSSR count). The topological polar surface area (TPSA) is 111 Å². The molecule has 0 unspecified atom stereocenters. The molecule has 1 N–H and O–H groups in total. The van der Waals surface area contributed by atoms with Gasteiger partial charge >= 0.3 is 22.9 Å². The van der Waals surface area contributed by atoms with Crippen LogP contribution in [0.2, 0.25) is 0 Å². The summed E-state index contributed by atoms with van der Waals surface area (Å²) in [5, 5.41) is -11.0. The van der Waals surface area contributed by atoms with Crippen molar-refractivity contribution < 1.29 is 70.0 Å². The number of carbonyl (C=O) groups is 1. The average molecular weight is 732 g/mol. The molecule has 8 nitrogen and oxygen atoms in total. The third-order valence-corrected chi connectivity index (χ3v) is 9.71. The molecule has 20 heteroatoms. The zero-order valence-electron chi connectivity index (χ0n) is 24.8. The van der Waals surface area contributed by atoms with Gasteiger partial charge in [-0.2, -0.15) is 43.9 Å². The summed E-state index contributed by atoms with van der Waals surface area (Å²) < 4.78 is 162. The number of hydrogen-bond donors (Lipinski definition) is 1. The second-order valence-electron chi connectivity index (χ2n) is 10.1. The Hall–Kier alpha value is -3.23. The van der Waals surface area contributed by atoms with Crippen LogP contribution in [0.4, 0.5) is 43.9 Å². The quantitative estimate of drug-likeness (QED) is 0.102. The van der Waals surface area contributed by atoms with E-state index in [-0.39, 0.29) is 5.91 Å². The van der Waals surface area contributed by atoms with Crippen molar-refractivity contribution in [1.29, 1.82) is 0 Å². The van der Waals surface area contributed by atoms with E-state index in [0.29, 0.717) is 16.2 Å². The summed E-state index contributed by atoms with van der Waals surface area (Å²) in [6.07, 6.45) is -13.1. The van der Waals surface area contributed by atoms with Crippen LogP contribution in [0.5, 0.6) is 0 Å². The summed E-state index contributed by atoms with van der Waals surface area (Å²) in [4.78, 5) is 11.7. The Kier molecular flexibility index (Phi) is 14.0. The molecule has 0 aliphatic heterocycles. The fourth-order valence-electron chi connectivity index (χ4n) is 3.82. The van der Waals surface area contributed by atoms with Crippen LogP contribution in [0.3, 0.4) is 0 Å². The number of benzene rings is 2. The molecular formula is C27H31F10N3O5S2. The molecule has 0 radical (unpaired) electrons. The lowest BCUT2D eigenvalue weighted by atomic mass is 10.1. The molecule has 0 aromatic heterocycles. The molecule has 0 fully saturated rings. The highest BCUT2D eigenvalue weighted by Crippen LogP contribution is 2.47. The Bertz CT molecular complexity index is 1460. The van der Waals surface area contributed by atoms with Crippen molar-refractivity contribution in [3.8, 4) is 0 Å². The Labute approximate surface area is 265 Å². The number of nitrogens with one attached hydrogen (secondary N) is 1. The summed E-state index contributed by atoms with van der Waals surface area (Å²) >= 11 is 0. The minimum atomic E-state index is -7.62. The Morgan fingerprint density at radius 2 is 1.11 bits per heavy atom. The number of rotatable bonds is 14. The van der Waals surface area contributed by atoms with E-state index >= 15 is 0 Å². The first-order chi connectivity index (χ1) is 21.3. The van der Waals surface area contributed by atoms with E-state index in [2.05, 4.69) is 79.5 Å². The van der Waals surface area contributed by atoms with Gasteiger partial charge in [0, 0.05) is 29.7 Å². The van der Waals surface area contributed by atoms with Crippen LogP contribution in [0, 0.1) is 0 Å².